The van der Waals surface area contributed by atoms with E-state index in [0.717, 1.165) is 0 Å². The molecule has 6 heteroatoms. The minimum atomic E-state index is -0.621. The van der Waals surface area contributed by atoms with Crippen LogP contribution < -0.4 is 4.74 Å². The molecule has 1 heterocycles. The van der Waals surface area contributed by atoms with Crippen LogP contribution in [0.1, 0.15) is 20.7 Å². The molecule has 2 N–H and O–H groups in total. The number of hydrogen-bond donors (Lipinski definition) is 2. The molecule has 0 unspecified atom stereocenters. The van der Waals surface area contributed by atoms with Gasteiger partial charge in [0.05, 0.1) is 32.2 Å². The highest BCUT2D eigenvalue weighted by molar-refractivity contribution is 6.05. The van der Waals surface area contributed by atoms with Gasteiger partial charge < -0.3 is 19.7 Å². The van der Waals surface area contributed by atoms with E-state index >= 15 is 0 Å². The third-order valence-corrected chi connectivity index (χ3v) is 4.35. The largest absolute Gasteiger partial charge is 0.508 e. The number of methoxy groups -OCH3 is 1. The Kier molecular flexibility index (Phi) is 4.72. The third-order valence-electron chi connectivity index (χ3n) is 4.35. The van der Waals surface area contributed by atoms with Gasteiger partial charge in [0.25, 0.3) is 0 Å². The molecule has 0 aliphatic carbocycles. The van der Waals surface area contributed by atoms with Crippen molar-refractivity contribution in [1.29, 1.82) is 0 Å². The summed E-state index contributed by atoms with van der Waals surface area (Å²) in [4.78, 5) is 25.5. The zero-order chi connectivity index (χ0) is 18.0. The van der Waals surface area contributed by atoms with Crippen LogP contribution in [0.3, 0.4) is 0 Å². The van der Waals surface area contributed by atoms with Crippen molar-refractivity contribution in [3.05, 3.63) is 53.6 Å². The normalized spacial score (nSPS) is 19.6. The molecule has 1 fully saturated rings. The first kappa shape index (κ1) is 17.0. The second kappa shape index (κ2) is 6.94. The SMILES string of the molecule is COc1cc(C(=O)[C@H]2COC[C@@H]2C(=O)c2cccc(O)c2)ccc1O. The number of carbonyl (C=O) groups excluding carboxylic acids is 2. The number of benzene rings is 2. The van der Waals surface area contributed by atoms with Crippen molar-refractivity contribution < 1.29 is 29.3 Å². The molecule has 2 aromatic rings. The Morgan fingerprint density at radius 2 is 1.64 bits per heavy atom. The molecule has 0 radical (unpaired) electrons. The molecule has 1 aliphatic rings. The lowest BCUT2D eigenvalue weighted by Gasteiger charge is -2.16. The minimum absolute atomic E-state index is 0.00378. The lowest BCUT2D eigenvalue weighted by Crippen LogP contribution is -2.29. The zero-order valence-electron chi connectivity index (χ0n) is 13.6. The van der Waals surface area contributed by atoms with Crippen molar-refractivity contribution in [3.63, 3.8) is 0 Å². The summed E-state index contributed by atoms with van der Waals surface area (Å²) < 4.78 is 10.4. The average molecular weight is 342 g/mol. The van der Waals surface area contributed by atoms with E-state index in [9.17, 15) is 19.8 Å². The molecule has 130 valence electrons. The van der Waals surface area contributed by atoms with E-state index in [1.807, 2.05) is 0 Å². The molecule has 0 saturated carbocycles. The van der Waals surface area contributed by atoms with E-state index in [1.54, 1.807) is 12.1 Å². The number of ketones is 2. The molecule has 2 atom stereocenters. The molecule has 0 bridgehead atoms. The Bertz CT molecular complexity index is 813. The monoisotopic (exact) mass is 342 g/mol. The summed E-state index contributed by atoms with van der Waals surface area (Å²) in [5, 5.41) is 19.2. The van der Waals surface area contributed by atoms with E-state index < -0.39 is 11.8 Å². The van der Waals surface area contributed by atoms with Gasteiger partial charge >= 0.3 is 0 Å². The van der Waals surface area contributed by atoms with Crippen molar-refractivity contribution >= 4 is 11.6 Å². The van der Waals surface area contributed by atoms with Crippen LogP contribution in [0.15, 0.2) is 42.5 Å². The first-order chi connectivity index (χ1) is 12.0. The van der Waals surface area contributed by atoms with Gasteiger partial charge in [-0.3, -0.25) is 9.59 Å². The minimum Gasteiger partial charge on any atom is -0.508 e. The van der Waals surface area contributed by atoms with Gasteiger partial charge in [-0.25, -0.2) is 0 Å². The molecule has 0 aromatic heterocycles. The van der Waals surface area contributed by atoms with Gasteiger partial charge in [-0.05, 0) is 30.3 Å². The van der Waals surface area contributed by atoms with Crippen LogP contribution in [0, 0.1) is 11.8 Å². The predicted octanol–water partition coefficient (Wildman–Crippen LogP) is 2.43. The number of aromatic hydroxyl groups is 2. The summed E-state index contributed by atoms with van der Waals surface area (Å²) in [7, 11) is 1.40. The highest BCUT2D eigenvalue weighted by Crippen LogP contribution is 2.32. The van der Waals surface area contributed by atoms with Crippen molar-refractivity contribution in [3.8, 4) is 17.2 Å². The first-order valence-corrected chi connectivity index (χ1v) is 7.83. The van der Waals surface area contributed by atoms with Gasteiger partial charge in [-0.1, -0.05) is 12.1 Å². The fourth-order valence-corrected chi connectivity index (χ4v) is 2.99. The van der Waals surface area contributed by atoms with Gasteiger partial charge in [0.15, 0.2) is 23.1 Å². The number of hydrogen-bond acceptors (Lipinski definition) is 6. The quantitative estimate of drug-likeness (QED) is 0.811. The Labute approximate surface area is 144 Å². The van der Waals surface area contributed by atoms with Crippen molar-refractivity contribution in [1.82, 2.24) is 0 Å². The molecule has 0 spiro atoms. The smallest absolute Gasteiger partial charge is 0.169 e. The number of ether oxygens (including phenoxy) is 2. The molecule has 1 aliphatic heterocycles. The summed E-state index contributed by atoms with van der Waals surface area (Å²) in [6.45, 7) is 0.303. The van der Waals surface area contributed by atoms with Gasteiger partial charge in [0.2, 0.25) is 0 Å². The number of rotatable bonds is 5. The van der Waals surface area contributed by atoms with Crippen molar-refractivity contribution in [2.75, 3.05) is 20.3 Å². The summed E-state index contributed by atoms with van der Waals surface area (Å²) in [5.41, 5.74) is 0.690. The van der Waals surface area contributed by atoms with Crippen LogP contribution in [-0.4, -0.2) is 42.1 Å². The van der Waals surface area contributed by atoms with Crippen LogP contribution in [0.25, 0.3) is 0 Å². The van der Waals surface area contributed by atoms with E-state index in [-0.39, 0.29) is 42.0 Å². The Hall–Kier alpha value is -2.86. The first-order valence-electron chi connectivity index (χ1n) is 7.83. The summed E-state index contributed by atoms with van der Waals surface area (Å²) in [6.07, 6.45) is 0. The Balaban J connectivity index is 1.86. The van der Waals surface area contributed by atoms with Crippen molar-refractivity contribution in [2.24, 2.45) is 11.8 Å². The predicted molar refractivity (Wildman–Crippen MR) is 89.2 cm³/mol. The van der Waals surface area contributed by atoms with E-state index in [1.165, 1.54) is 37.4 Å². The maximum atomic E-state index is 12.8. The fourth-order valence-electron chi connectivity index (χ4n) is 2.99. The standard InChI is InChI=1S/C19H18O6/c1-24-17-8-12(5-6-16(17)21)19(23)15-10-25-9-14(15)18(22)11-3-2-4-13(20)7-11/h2-8,14-15,20-21H,9-10H2,1H3/t14-,15-/m0/s1. The maximum absolute atomic E-state index is 12.8. The molecular formula is C19H18O6. The molecular weight excluding hydrogens is 324 g/mol. The number of phenolic OH excluding ortho intramolecular Hbond substituents is 2. The second-order valence-corrected chi connectivity index (χ2v) is 5.92. The highest BCUT2D eigenvalue weighted by atomic mass is 16.5. The number of carbonyl (C=O) groups is 2. The van der Waals surface area contributed by atoms with Crippen LogP contribution >= 0.6 is 0 Å². The van der Waals surface area contributed by atoms with Gasteiger partial charge in [0.1, 0.15) is 5.75 Å². The molecule has 3 rings (SSSR count). The average Bonchev–Trinajstić information content (AvgIpc) is 3.10. The molecule has 6 nitrogen and oxygen atoms in total. The summed E-state index contributed by atoms with van der Waals surface area (Å²) in [5.74, 6) is -1.59. The molecule has 1 saturated heterocycles. The van der Waals surface area contributed by atoms with Gasteiger partial charge in [0, 0.05) is 11.1 Å². The van der Waals surface area contributed by atoms with Crippen molar-refractivity contribution in [2.45, 2.75) is 0 Å². The summed E-state index contributed by atoms with van der Waals surface area (Å²) >= 11 is 0. The molecule has 0 amide bonds. The highest BCUT2D eigenvalue weighted by Gasteiger charge is 2.39. The maximum Gasteiger partial charge on any atom is 0.169 e. The topological polar surface area (TPSA) is 93.1 Å². The lowest BCUT2D eigenvalue weighted by molar-refractivity contribution is 0.0809. The van der Waals surface area contributed by atoms with Crippen LogP contribution in [-0.2, 0) is 4.74 Å². The van der Waals surface area contributed by atoms with E-state index in [0.29, 0.717) is 11.1 Å². The Morgan fingerprint density at radius 1 is 1.00 bits per heavy atom. The van der Waals surface area contributed by atoms with Crippen LogP contribution in [0.4, 0.5) is 0 Å². The fraction of sp³-hybridized carbons (Fsp3) is 0.263. The van der Waals surface area contributed by atoms with E-state index in [2.05, 4.69) is 0 Å². The molecule has 2 aromatic carbocycles. The zero-order valence-corrected chi connectivity index (χ0v) is 13.6. The molecule has 25 heavy (non-hydrogen) atoms. The number of Topliss-reactive ketones (excluding diaryl/α,β-unsaturated/α-hetero) is 2. The van der Waals surface area contributed by atoms with Gasteiger partial charge in [-0.2, -0.15) is 0 Å². The summed E-state index contributed by atoms with van der Waals surface area (Å²) in [6, 6.07) is 10.4. The van der Waals surface area contributed by atoms with Gasteiger partial charge in [-0.15, -0.1) is 0 Å². The third kappa shape index (κ3) is 3.34. The van der Waals surface area contributed by atoms with E-state index in [4.69, 9.17) is 9.47 Å². The lowest BCUT2D eigenvalue weighted by atomic mass is 9.83. The second-order valence-electron chi connectivity index (χ2n) is 5.92. The Morgan fingerprint density at radius 3 is 2.24 bits per heavy atom. The van der Waals surface area contributed by atoms with Crippen LogP contribution in [0.5, 0.6) is 17.2 Å². The number of phenols is 2. The van der Waals surface area contributed by atoms with Crippen LogP contribution in [0.2, 0.25) is 0 Å².